The molecule has 0 N–H and O–H groups in total. The van der Waals surface area contributed by atoms with E-state index in [0.717, 1.165) is 63.1 Å². The molecule has 3 aliphatic heterocycles. The van der Waals surface area contributed by atoms with Crippen LogP contribution in [0.1, 0.15) is 41.8 Å². The van der Waals surface area contributed by atoms with Gasteiger partial charge in [0.05, 0.1) is 6.26 Å². The fraction of sp³-hybridized carbons (Fsp3) is 0.520. The Morgan fingerprint density at radius 2 is 1.82 bits per heavy atom. The van der Waals surface area contributed by atoms with Crippen molar-refractivity contribution in [2.24, 2.45) is 0 Å². The zero-order chi connectivity index (χ0) is 23.2. The van der Waals surface area contributed by atoms with Crippen LogP contribution in [0.15, 0.2) is 41.0 Å². The third kappa shape index (κ3) is 3.90. The van der Waals surface area contributed by atoms with E-state index in [1.54, 1.807) is 43.3 Å². The van der Waals surface area contributed by atoms with Crippen LogP contribution < -0.4 is 4.90 Å². The minimum atomic E-state index is -0.247. The first-order valence-corrected chi connectivity index (χ1v) is 11.7. The van der Waals surface area contributed by atoms with Crippen molar-refractivity contribution >= 4 is 17.6 Å². The molecule has 0 saturated carbocycles. The number of nitrogens with zero attached hydrogens (tertiary/aromatic N) is 4. The first-order chi connectivity index (χ1) is 15.9. The highest BCUT2D eigenvalue weighted by Crippen LogP contribution is 2.48. The Balaban J connectivity index is 1.24. The molecule has 0 atom stereocenters. The van der Waals surface area contributed by atoms with Gasteiger partial charge in [0.25, 0.3) is 5.91 Å². The van der Waals surface area contributed by atoms with E-state index in [-0.39, 0.29) is 23.2 Å². The Hall–Kier alpha value is -2.87. The highest BCUT2D eigenvalue weighted by atomic mass is 19.1. The molecule has 0 aliphatic carbocycles. The van der Waals surface area contributed by atoms with Crippen LogP contribution in [0.25, 0.3) is 0 Å². The number of urea groups is 1. The highest BCUT2D eigenvalue weighted by Gasteiger charge is 2.47. The molecule has 2 saturated heterocycles. The normalized spacial score (nSPS) is 20.8. The summed E-state index contributed by atoms with van der Waals surface area (Å²) in [5.41, 5.74) is 1.61. The molecule has 3 amide bonds. The summed E-state index contributed by atoms with van der Waals surface area (Å²) in [6, 6.07) is 8.66. The molecule has 1 aromatic carbocycles. The molecule has 0 bridgehead atoms. The van der Waals surface area contributed by atoms with E-state index >= 15 is 0 Å². The number of halogens is 1. The van der Waals surface area contributed by atoms with Crippen LogP contribution in [0.4, 0.5) is 14.9 Å². The van der Waals surface area contributed by atoms with Crippen LogP contribution >= 0.6 is 0 Å². The fourth-order valence-electron chi connectivity index (χ4n) is 5.79. The van der Waals surface area contributed by atoms with Crippen LogP contribution in [-0.2, 0) is 5.41 Å². The summed E-state index contributed by atoms with van der Waals surface area (Å²) >= 11 is 0. The minimum Gasteiger partial charge on any atom is -0.459 e. The van der Waals surface area contributed by atoms with E-state index < -0.39 is 0 Å². The van der Waals surface area contributed by atoms with Gasteiger partial charge in [0.1, 0.15) is 5.82 Å². The predicted octanol–water partition coefficient (Wildman–Crippen LogP) is 3.56. The first kappa shape index (κ1) is 21.9. The molecule has 5 rings (SSSR count). The monoisotopic (exact) mass is 454 g/mol. The summed E-state index contributed by atoms with van der Waals surface area (Å²) < 4.78 is 19.5. The number of likely N-dealkylation sites (tertiary alicyclic amines) is 2. The third-order valence-electron chi connectivity index (χ3n) is 7.65. The lowest BCUT2D eigenvalue weighted by molar-refractivity contribution is 0.0508. The Labute approximate surface area is 193 Å². The maximum Gasteiger partial charge on any atom is 0.323 e. The molecule has 0 unspecified atom stereocenters. The lowest BCUT2D eigenvalue weighted by atomic mass is 9.74. The van der Waals surface area contributed by atoms with Gasteiger partial charge in [-0.05, 0) is 74.7 Å². The smallest absolute Gasteiger partial charge is 0.323 e. The Kier molecular flexibility index (Phi) is 5.64. The van der Waals surface area contributed by atoms with Gasteiger partial charge in [0.2, 0.25) is 0 Å². The van der Waals surface area contributed by atoms with Crippen LogP contribution in [0.5, 0.6) is 0 Å². The molecule has 4 heterocycles. The van der Waals surface area contributed by atoms with Crippen molar-refractivity contribution in [3.63, 3.8) is 0 Å². The number of hydrogen-bond donors (Lipinski definition) is 0. The van der Waals surface area contributed by atoms with Crippen LogP contribution in [0.2, 0.25) is 0 Å². The molecule has 7 nitrogen and oxygen atoms in total. The van der Waals surface area contributed by atoms with Crippen LogP contribution in [0.3, 0.4) is 0 Å². The summed E-state index contributed by atoms with van der Waals surface area (Å²) in [7, 11) is 3.50. The highest BCUT2D eigenvalue weighted by molar-refractivity contribution is 5.95. The number of hydrogen-bond acceptors (Lipinski definition) is 4. The van der Waals surface area contributed by atoms with Gasteiger partial charge >= 0.3 is 6.03 Å². The van der Waals surface area contributed by atoms with Crippen molar-refractivity contribution in [3.8, 4) is 0 Å². The van der Waals surface area contributed by atoms with E-state index in [9.17, 15) is 14.0 Å². The molecule has 8 heteroatoms. The number of benzene rings is 1. The molecular weight excluding hydrogens is 423 g/mol. The van der Waals surface area contributed by atoms with Gasteiger partial charge < -0.3 is 19.1 Å². The van der Waals surface area contributed by atoms with E-state index in [0.29, 0.717) is 18.3 Å². The number of carbonyl (C=O) groups excluding carboxylic acids is 2. The zero-order valence-electron chi connectivity index (χ0n) is 19.3. The van der Waals surface area contributed by atoms with Crippen molar-refractivity contribution in [2.45, 2.75) is 37.1 Å². The van der Waals surface area contributed by atoms with Gasteiger partial charge in [-0.15, -0.1) is 0 Å². The van der Waals surface area contributed by atoms with Crippen molar-refractivity contribution in [1.29, 1.82) is 0 Å². The second kappa shape index (κ2) is 8.48. The largest absolute Gasteiger partial charge is 0.459 e. The lowest BCUT2D eigenvalue weighted by Crippen LogP contribution is -2.52. The van der Waals surface area contributed by atoms with Gasteiger partial charge in [0, 0.05) is 50.9 Å². The van der Waals surface area contributed by atoms with Gasteiger partial charge in [-0.25, -0.2) is 9.18 Å². The van der Waals surface area contributed by atoms with Gasteiger partial charge in [-0.2, -0.15) is 0 Å². The molecule has 2 fully saturated rings. The molecule has 0 radical (unpaired) electrons. The predicted molar refractivity (Wildman–Crippen MR) is 123 cm³/mol. The van der Waals surface area contributed by atoms with E-state index in [1.165, 1.54) is 12.3 Å². The van der Waals surface area contributed by atoms with Crippen LogP contribution in [0, 0.1) is 5.82 Å². The van der Waals surface area contributed by atoms with Crippen molar-refractivity contribution in [3.05, 3.63) is 53.7 Å². The number of carbonyl (C=O) groups is 2. The molecular formula is C25H31FN4O3. The molecule has 1 spiro atoms. The average Bonchev–Trinajstić information content (AvgIpc) is 3.46. The topological polar surface area (TPSA) is 60.2 Å². The maximum atomic E-state index is 14.2. The number of amides is 3. The summed E-state index contributed by atoms with van der Waals surface area (Å²) in [5.74, 6) is 0.118. The molecule has 33 heavy (non-hydrogen) atoms. The number of anilines is 1. The average molecular weight is 455 g/mol. The summed E-state index contributed by atoms with van der Waals surface area (Å²) in [6.07, 6.45) is 5.20. The van der Waals surface area contributed by atoms with Crippen molar-refractivity contribution < 1.29 is 18.4 Å². The maximum absolute atomic E-state index is 14.2. The van der Waals surface area contributed by atoms with Crippen molar-refractivity contribution in [1.82, 2.24) is 14.7 Å². The zero-order valence-corrected chi connectivity index (χ0v) is 19.3. The molecule has 176 valence electrons. The van der Waals surface area contributed by atoms with E-state index in [2.05, 4.69) is 4.90 Å². The second-order valence-corrected chi connectivity index (χ2v) is 9.74. The summed E-state index contributed by atoms with van der Waals surface area (Å²) in [4.78, 5) is 33.1. The molecule has 2 aromatic rings. The Morgan fingerprint density at radius 3 is 2.45 bits per heavy atom. The number of furan rings is 1. The Morgan fingerprint density at radius 1 is 1.09 bits per heavy atom. The Bertz CT molecular complexity index is 1020. The van der Waals surface area contributed by atoms with Crippen molar-refractivity contribution in [2.75, 3.05) is 51.7 Å². The standard InChI is InChI=1S/C25H31FN4O3/c1-27(2)24(32)30-17-25(20-16-18(26)5-6-21(20)30)9-13-28(14-10-25)19-7-11-29(12-8-19)23(31)22-4-3-15-33-22/h3-6,15-16,19H,7-14,17H2,1-2H3. The minimum absolute atomic E-state index is 0.0358. The second-order valence-electron chi connectivity index (χ2n) is 9.74. The number of fused-ring (bicyclic) bond motifs is 2. The van der Waals surface area contributed by atoms with Gasteiger partial charge in [0.15, 0.2) is 5.76 Å². The van der Waals surface area contributed by atoms with Gasteiger partial charge in [-0.3, -0.25) is 9.69 Å². The van der Waals surface area contributed by atoms with Gasteiger partial charge in [-0.1, -0.05) is 0 Å². The molecule has 1 aromatic heterocycles. The summed E-state index contributed by atoms with van der Waals surface area (Å²) in [5, 5.41) is 0. The van der Waals surface area contributed by atoms with E-state index in [1.807, 2.05) is 9.80 Å². The quantitative estimate of drug-likeness (QED) is 0.696. The van der Waals surface area contributed by atoms with Crippen LogP contribution in [-0.4, -0.2) is 79.5 Å². The SMILES string of the molecule is CN(C)C(=O)N1CC2(CCN(C3CCN(C(=O)c4ccco4)CC3)CC2)c2cc(F)ccc21. The molecule has 3 aliphatic rings. The fourth-order valence-corrected chi connectivity index (χ4v) is 5.79. The first-order valence-electron chi connectivity index (χ1n) is 11.7. The number of rotatable bonds is 2. The third-order valence-corrected chi connectivity index (χ3v) is 7.65. The lowest BCUT2D eigenvalue weighted by Gasteiger charge is -2.45. The number of piperidine rings is 2. The summed E-state index contributed by atoms with van der Waals surface area (Å²) in [6.45, 7) is 3.89. The van der Waals surface area contributed by atoms with E-state index in [4.69, 9.17) is 4.42 Å².